The van der Waals surface area contributed by atoms with Gasteiger partial charge in [-0.3, -0.25) is 4.79 Å². The lowest BCUT2D eigenvalue weighted by molar-refractivity contribution is 0.0713. The molecule has 0 unspecified atom stereocenters. The van der Waals surface area contributed by atoms with Gasteiger partial charge in [0.15, 0.2) is 0 Å². The van der Waals surface area contributed by atoms with Crippen molar-refractivity contribution < 1.29 is 9.18 Å². The molecule has 1 aliphatic rings. The number of H-pyrrole nitrogens is 1. The summed E-state index contributed by atoms with van der Waals surface area (Å²) in [6.07, 6.45) is 5.55. The molecule has 1 aromatic carbocycles. The van der Waals surface area contributed by atoms with Crippen LogP contribution >= 0.6 is 11.6 Å². The maximum Gasteiger partial charge on any atom is 0.253 e. The highest BCUT2D eigenvalue weighted by molar-refractivity contribution is 6.30. The van der Waals surface area contributed by atoms with E-state index in [0.717, 1.165) is 23.9 Å². The minimum atomic E-state index is -0.561. The highest BCUT2D eigenvalue weighted by Gasteiger charge is 2.26. The number of halogens is 2. The van der Waals surface area contributed by atoms with Crippen molar-refractivity contribution in [3.63, 3.8) is 0 Å². The van der Waals surface area contributed by atoms with Crippen molar-refractivity contribution in [3.05, 3.63) is 64.7 Å². The number of carbonyl (C=O) groups excluding carboxylic acids is 1. The molecular weight excluding hydrogens is 341 g/mol. The zero-order chi connectivity index (χ0) is 17.4. The molecule has 2 aromatic heterocycles. The molecule has 0 spiro atoms. The molecule has 3 aromatic rings. The summed E-state index contributed by atoms with van der Waals surface area (Å²) in [5.41, 5.74) is 2.50. The lowest BCUT2D eigenvalue weighted by Gasteiger charge is -2.32. The summed E-state index contributed by atoms with van der Waals surface area (Å²) in [7, 11) is 0. The molecule has 1 N–H and O–H groups in total. The van der Waals surface area contributed by atoms with Gasteiger partial charge in [0.05, 0.1) is 5.02 Å². The third kappa shape index (κ3) is 3.00. The van der Waals surface area contributed by atoms with Crippen LogP contribution in [0.25, 0.3) is 11.0 Å². The van der Waals surface area contributed by atoms with Crippen LogP contribution in [0.15, 0.2) is 42.7 Å². The molecule has 4 nitrogen and oxygen atoms in total. The van der Waals surface area contributed by atoms with Gasteiger partial charge in [-0.25, -0.2) is 9.37 Å². The topological polar surface area (TPSA) is 49.0 Å². The number of aromatic nitrogens is 2. The van der Waals surface area contributed by atoms with Crippen molar-refractivity contribution in [2.24, 2.45) is 0 Å². The number of nitrogens with zero attached hydrogens (tertiary/aromatic N) is 2. The molecule has 128 valence electrons. The molecule has 1 saturated heterocycles. The fourth-order valence-corrected chi connectivity index (χ4v) is 3.64. The van der Waals surface area contributed by atoms with Crippen LogP contribution in [0.2, 0.25) is 5.02 Å². The van der Waals surface area contributed by atoms with Gasteiger partial charge in [0.1, 0.15) is 11.5 Å². The van der Waals surface area contributed by atoms with Crippen molar-refractivity contribution in [1.82, 2.24) is 14.9 Å². The number of piperidine rings is 1. The number of amides is 1. The smallest absolute Gasteiger partial charge is 0.253 e. The normalized spacial score (nSPS) is 15.7. The Kier molecular flexibility index (Phi) is 4.17. The molecule has 0 aliphatic carbocycles. The maximum atomic E-state index is 13.6. The van der Waals surface area contributed by atoms with E-state index in [1.54, 1.807) is 17.2 Å². The van der Waals surface area contributed by atoms with E-state index in [1.807, 2.05) is 12.3 Å². The van der Waals surface area contributed by atoms with Gasteiger partial charge in [0.2, 0.25) is 0 Å². The summed E-state index contributed by atoms with van der Waals surface area (Å²) >= 11 is 5.69. The summed E-state index contributed by atoms with van der Waals surface area (Å²) in [6, 6.07) is 8.22. The zero-order valence-electron chi connectivity index (χ0n) is 13.5. The highest BCUT2D eigenvalue weighted by atomic mass is 35.5. The van der Waals surface area contributed by atoms with E-state index in [9.17, 15) is 9.18 Å². The van der Waals surface area contributed by atoms with Crippen LogP contribution in [0.1, 0.15) is 34.7 Å². The first-order valence-electron chi connectivity index (χ1n) is 8.30. The Labute approximate surface area is 149 Å². The minimum Gasteiger partial charge on any atom is -0.346 e. The van der Waals surface area contributed by atoms with Crippen LogP contribution in [0, 0.1) is 5.82 Å². The van der Waals surface area contributed by atoms with Crippen molar-refractivity contribution in [2.75, 3.05) is 13.1 Å². The number of carbonyl (C=O) groups is 1. The van der Waals surface area contributed by atoms with Crippen LogP contribution < -0.4 is 0 Å². The molecular formula is C19H17ClFN3O. The molecule has 1 amide bonds. The number of hydrogen-bond acceptors (Lipinski definition) is 2. The van der Waals surface area contributed by atoms with Gasteiger partial charge in [0, 0.05) is 36.4 Å². The van der Waals surface area contributed by atoms with E-state index in [4.69, 9.17) is 11.6 Å². The summed E-state index contributed by atoms with van der Waals surface area (Å²) in [4.78, 5) is 21.9. The number of aromatic amines is 1. The number of pyridine rings is 1. The molecule has 3 heterocycles. The number of hydrogen-bond donors (Lipinski definition) is 1. The standard InChI is InChI=1S/C19H17ClFN3O/c20-16-4-3-13(10-17(16)21)19(25)24-8-5-12(6-9-24)15-11-23-18-14(15)2-1-7-22-18/h1-4,7,10-12H,5-6,8-9H2,(H,22,23). The molecule has 0 saturated carbocycles. The number of benzene rings is 1. The lowest BCUT2D eigenvalue weighted by Crippen LogP contribution is -2.37. The second-order valence-electron chi connectivity index (χ2n) is 6.34. The quantitative estimate of drug-likeness (QED) is 0.740. The molecule has 25 heavy (non-hydrogen) atoms. The predicted molar refractivity (Wildman–Crippen MR) is 95.4 cm³/mol. The molecule has 0 radical (unpaired) electrons. The molecule has 0 atom stereocenters. The number of nitrogens with one attached hydrogen (secondary N) is 1. The van der Waals surface area contributed by atoms with E-state index in [0.29, 0.717) is 24.6 Å². The van der Waals surface area contributed by atoms with Gasteiger partial charge in [-0.05, 0) is 54.7 Å². The monoisotopic (exact) mass is 357 g/mol. The minimum absolute atomic E-state index is 0.0307. The SMILES string of the molecule is O=C(c1ccc(Cl)c(F)c1)N1CCC(c2c[nH]c3ncccc23)CC1. The van der Waals surface area contributed by atoms with Gasteiger partial charge in [0.25, 0.3) is 5.91 Å². The van der Waals surface area contributed by atoms with Gasteiger partial charge in [-0.1, -0.05) is 11.6 Å². The van der Waals surface area contributed by atoms with Gasteiger partial charge in [-0.2, -0.15) is 0 Å². The van der Waals surface area contributed by atoms with Crippen LogP contribution in [-0.4, -0.2) is 33.9 Å². The van der Waals surface area contributed by atoms with Crippen molar-refractivity contribution in [3.8, 4) is 0 Å². The number of likely N-dealkylation sites (tertiary alicyclic amines) is 1. The Morgan fingerprint density at radius 2 is 2.08 bits per heavy atom. The van der Waals surface area contributed by atoms with Gasteiger partial charge < -0.3 is 9.88 Å². The Hall–Kier alpha value is -2.40. The lowest BCUT2D eigenvalue weighted by atomic mass is 9.89. The van der Waals surface area contributed by atoms with E-state index in [2.05, 4.69) is 16.0 Å². The fourth-order valence-electron chi connectivity index (χ4n) is 3.52. The fraction of sp³-hybridized carbons (Fsp3) is 0.263. The maximum absolute atomic E-state index is 13.6. The van der Waals surface area contributed by atoms with Gasteiger partial charge >= 0.3 is 0 Å². The Balaban J connectivity index is 1.47. The first-order chi connectivity index (χ1) is 12.1. The van der Waals surface area contributed by atoms with Crippen LogP contribution in [0.5, 0.6) is 0 Å². The van der Waals surface area contributed by atoms with Crippen LogP contribution in [0.3, 0.4) is 0 Å². The average Bonchev–Trinajstić information content (AvgIpc) is 3.08. The summed E-state index contributed by atoms with van der Waals surface area (Å²) in [5, 5.41) is 1.18. The molecule has 0 bridgehead atoms. The van der Waals surface area contributed by atoms with E-state index in [1.165, 1.54) is 17.7 Å². The number of fused-ring (bicyclic) bond motifs is 1. The Morgan fingerprint density at radius 3 is 2.84 bits per heavy atom. The summed E-state index contributed by atoms with van der Waals surface area (Å²) < 4.78 is 13.6. The largest absolute Gasteiger partial charge is 0.346 e. The van der Waals surface area contributed by atoms with Crippen molar-refractivity contribution in [1.29, 1.82) is 0 Å². The third-order valence-corrected chi connectivity index (χ3v) is 5.18. The van der Waals surface area contributed by atoms with E-state index in [-0.39, 0.29) is 10.9 Å². The molecule has 4 rings (SSSR count). The van der Waals surface area contributed by atoms with E-state index < -0.39 is 5.82 Å². The van der Waals surface area contributed by atoms with Crippen LogP contribution in [-0.2, 0) is 0 Å². The first kappa shape index (κ1) is 16.1. The number of rotatable bonds is 2. The van der Waals surface area contributed by atoms with Crippen molar-refractivity contribution >= 4 is 28.5 Å². The van der Waals surface area contributed by atoms with Crippen LogP contribution in [0.4, 0.5) is 4.39 Å². The zero-order valence-corrected chi connectivity index (χ0v) is 14.3. The predicted octanol–water partition coefficient (Wildman–Crippen LogP) is 4.38. The van der Waals surface area contributed by atoms with Gasteiger partial charge in [-0.15, -0.1) is 0 Å². The Bertz CT molecular complexity index is 931. The average molecular weight is 358 g/mol. The van der Waals surface area contributed by atoms with E-state index >= 15 is 0 Å². The summed E-state index contributed by atoms with van der Waals surface area (Å²) in [5.74, 6) is -0.313. The third-order valence-electron chi connectivity index (χ3n) is 4.87. The summed E-state index contributed by atoms with van der Waals surface area (Å²) in [6.45, 7) is 1.31. The second kappa shape index (κ2) is 6.48. The first-order valence-corrected chi connectivity index (χ1v) is 8.67. The molecule has 1 aliphatic heterocycles. The van der Waals surface area contributed by atoms with Crippen molar-refractivity contribution in [2.45, 2.75) is 18.8 Å². The second-order valence-corrected chi connectivity index (χ2v) is 6.75. The highest BCUT2D eigenvalue weighted by Crippen LogP contribution is 2.33. The Morgan fingerprint density at radius 1 is 1.28 bits per heavy atom. The molecule has 6 heteroatoms. The molecule has 1 fully saturated rings.